The number of pyridine rings is 1. The summed E-state index contributed by atoms with van der Waals surface area (Å²) < 4.78 is 0. The molecule has 1 amide bonds. The molecule has 0 bridgehead atoms. The standard InChI is InChI=1S/C18H29N3O/c1-3-9-21(10-4-2)18(22)16-13-17(15-19-14-16)20-11-7-5-6-8-12-20/h13-15H,3-12H2,1-2H3. The zero-order valence-corrected chi connectivity index (χ0v) is 14.1. The zero-order valence-electron chi connectivity index (χ0n) is 14.1. The van der Waals surface area contributed by atoms with Crippen molar-refractivity contribution in [1.82, 2.24) is 9.88 Å². The van der Waals surface area contributed by atoms with E-state index in [0.717, 1.165) is 50.3 Å². The van der Waals surface area contributed by atoms with Crippen LogP contribution in [0.1, 0.15) is 62.7 Å². The Morgan fingerprint density at radius 1 is 1.09 bits per heavy atom. The fraction of sp³-hybridized carbons (Fsp3) is 0.667. The SMILES string of the molecule is CCCN(CCC)C(=O)c1cncc(N2CCCCCC2)c1. The van der Waals surface area contributed by atoms with E-state index in [9.17, 15) is 4.79 Å². The van der Waals surface area contributed by atoms with Crippen LogP contribution in [0.4, 0.5) is 5.69 Å². The first-order valence-electron chi connectivity index (χ1n) is 8.75. The van der Waals surface area contributed by atoms with Gasteiger partial charge in [0.1, 0.15) is 0 Å². The zero-order chi connectivity index (χ0) is 15.8. The molecule has 0 N–H and O–H groups in total. The van der Waals surface area contributed by atoms with Crippen molar-refractivity contribution in [2.75, 3.05) is 31.1 Å². The van der Waals surface area contributed by atoms with Crippen LogP contribution in [0.5, 0.6) is 0 Å². The third kappa shape index (κ3) is 4.46. The normalized spacial score (nSPS) is 15.5. The van der Waals surface area contributed by atoms with Gasteiger partial charge in [-0.05, 0) is 31.7 Å². The van der Waals surface area contributed by atoms with Gasteiger partial charge in [-0.15, -0.1) is 0 Å². The minimum atomic E-state index is 0.118. The van der Waals surface area contributed by atoms with E-state index in [2.05, 4.69) is 23.7 Å². The summed E-state index contributed by atoms with van der Waals surface area (Å²) in [6, 6.07) is 2.03. The molecule has 1 fully saturated rings. The van der Waals surface area contributed by atoms with Crippen LogP contribution in [-0.4, -0.2) is 42.0 Å². The molecule has 1 saturated heterocycles. The molecule has 122 valence electrons. The molecule has 2 heterocycles. The largest absolute Gasteiger partial charge is 0.370 e. The minimum absolute atomic E-state index is 0.118. The maximum Gasteiger partial charge on any atom is 0.255 e. The fourth-order valence-corrected chi connectivity index (χ4v) is 3.08. The van der Waals surface area contributed by atoms with E-state index in [1.165, 1.54) is 25.7 Å². The molecular formula is C18H29N3O. The molecule has 4 nitrogen and oxygen atoms in total. The molecule has 1 aliphatic rings. The molecule has 0 spiro atoms. The maximum absolute atomic E-state index is 12.7. The van der Waals surface area contributed by atoms with Crippen LogP contribution in [0.3, 0.4) is 0 Å². The molecule has 0 unspecified atom stereocenters. The predicted molar refractivity (Wildman–Crippen MR) is 91.4 cm³/mol. The number of anilines is 1. The van der Waals surface area contributed by atoms with Gasteiger partial charge in [-0.3, -0.25) is 9.78 Å². The molecule has 0 radical (unpaired) electrons. The average molecular weight is 303 g/mol. The maximum atomic E-state index is 12.7. The summed E-state index contributed by atoms with van der Waals surface area (Å²) in [5.41, 5.74) is 1.82. The smallest absolute Gasteiger partial charge is 0.255 e. The van der Waals surface area contributed by atoms with Crippen LogP contribution in [0.2, 0.25) is 0 Å². The van der Waals surface area contributed by atoms with Gasteiger partial charge in [-0.2, -0.15) is 0 Å². The Morgan fingerprint density at radius 2 is 1.73 bits per heavy atom. The van der Waals surface area contributed by atoms with Crippen molar-refractivity contribution < 1.29 is 4.79 Å². The van der Waals surface area contributed by atoms with Crippen molar-refractivity contribution >= 4 is 11.6 Å². The van der Waals surface area contributed by atoms with Gasteiger partial charge in [-0.1, -0.05) is 26.7 Å². The molecule has 0 aliphatic carbocycles. The second kappa shape index (κ2) is 8.76. The molecule has 0 aromatic carbocycles. The summed E-state index contributed by atoms with van der Waals surface area (Å²) in [5.74, 6) is 0.118. The van der Waals surface area contributed by atoms with Crippen molar-refractivity contribution in [3.8, 4) is 0 Å². The highest BCUT2D eigenvalue weighted by molar-refractivity contribution is 5.94. The Kier molecular flexibility index (Phi) is 6.69. The highest BCUT2D eigenvalue weighted by Gasteiger charge is 2.17. The Labute approximate surface area is 134 Å². The second-order valence-corrected chi connectivity index (χ2v) is 6.13. The molecule has 1 aliphatic heterocycles. The van der Waals surface area contributed by atoms with Crippen LogP contribution >= 0.6 is 0 Å². The lowest BCUT2D eigenvalue weighted by molar-refractivity contribution is 0.0755. The van der Waals surface area contributed by atoms with Crippen molar-refractivity contribution in [2.45, 2.75) is 52.4 Å². The van der Waals surface area contributed by atoms with Crippen LogP contribution in [0.25, 0.3) is 0 Å². The van der Waals surface area contributed by atoms with Crippen molar-refractivity contribution in [1.29, 1.82) is 0 Å². The summed E-state index contributed by atoms with van der Waals surface area (Å²) in [6.45, 7) is 8.02. The second-order valence-electron chi connectivity index (χ2n) is 6.13. The average Bonchev–Trinajstić information content (AvgIpc) is 2.83. The number of nitrogens with zero attached hydrogens (tertiary/aromatic N) is 3. The summed E-state index contributed by atoms with van der Waals surface area (Å²) in [5, 5.41) is 0. The van der Waals surface area contributed by atoms with E-state index in [-0.39, 0.29) is 5.91 Å². The number of rotatable bonds is 6. The molecule has 22 heavy (non-hydrogen) atoms. The first-order valence-corrected chi connectivity index (χ1v) is 8.75. The lowest BCUT2D eigenvalue weighted by atomic mass is 10.2. The number of amides is 1. The van der Waals surface area contributed by atoms with Gasteiger partial charge < -0.3 is 9.80 Å². The first-order chi connectivity index (χ1) is 10.8. The van der Waals surface area contributed by atoms with Gasteiger partial charge in [-0.25, -0.2) is 0 Å². The molecule has 1 aromatic heterocycles. The molecule has 4 heteroatoms. The molecular weight excluding hydrogens is 274 g/mol. The lowest BCUT2D eigenvalue weighted by Gasteiger charge is -2.24. The van der Waals surface area contributed by atoms with Gasteiger partial charge in [0, 0.05) is 32.4 Å². The third-order valence-electron chi connectivity index (χ3n) is 4.22. The van der Waals surface area contributed by atoms with E-state index >= 15 is 0 Å². The Bertz CT molecular complexity index is 461. The quantitative estimate of drug-likeness (QED) is 0.803. The van der Waals surface area contributed by atoms with Crippen LogP contribution in [0.15, 0.2) is 18.5 Å². The highest BCUT2D eigenvalue weighted by atomic mass is 16.2. The van der Waals surface area contributed by atoms with Crippen molar-refractivity contribution in [2.24, 2.45) is 0 Å². The number of aromatic nitrogens is 1. The van der Waals surface area contributed by atoms with E-state index in [0.29, 0.717) is 0 Å². The van der Waals surface area contributed by atoms with Crippen LogP contribution in [0, 0.1) is 0 Å². The van der Waals surface area contributed by atoms with Crippen molar-refractivity contribution in [3.63, 3.8) is 0 Å². The number of hydrogen-bond donors (Lipinski definition) is 0. The summed E-state index contributed by atoms with van der Waals surface area (Å²) in [7, 11) is 0. The fourth-order valence-electron chi connectivity index (χ4n) is 3.08. The summed E-state index contributed by atoms with van der Waals surface area (Å²) in [4.78, 5) is 21.3. The van der Waals surface area contributed by atoms with Gasteiger partial charge in [0.25, 0.3) is 5.91 Å². The van der Waals surface area contributed by atoms with Gasteiger partial charge in [0.2, 0.25) is 0 Å². The highest BCUT2D eigenvalue weighted by Crippen LogP contribution is 2.20. The third-order valence-corrected chi connectivity index (χ3v) is 4.22. The molecule has 0 atom stereocenters. The van der Waals surface area contributed by atoms with Gasteiger partial charge >= 0.3 is 0 Å². The van der Waals surface area contributed by atoms with Crippen LogP contribution < -0.4 is 4.90 Å². The monoisotopic (exact) mass is 303 g/mol. The topological polar surface area (TPSA) is 36.4 Å². The van der Waals surface area contributed by atoms with Gasteiger partial charge in [0.15, 0.2) is 0 Å². The number of carbonyl (C=O) groups is 1. The van der Waals surface area contributed by atoms with E-state index in [1.54, 1.807) is 6.20 Å². The molecule has 0 saturated carbocycles. The van der Waals surface area contributed by atoms with E-state index in [4.69, 9.17) is 0 Å². The molecule has 1 aromatic rings. The van der Waals surface area contributed by atoms with E-state index < -0.39 is 0 Å². The van der Waals surface area contributed by atoms with Crippen molar-refractivity contribution in [3.05, 3.63) is 24.0 Å². The number of hydrogen-bond acceptors (Lipinski definition) is 3. The Morgan fingerprint density at radius 3 is 2.32 bits per heavy atom. The number of carbonyl (C=O) groups excluding carboxylic acids is 1. The molecule has 2 rings (SSSR count). The van der Waals surface area contributed by atoms with Crippen LogP contribution in [-0.2, 0) is 0 Å². The van der Waals surface area contributed by atoms with Gasteiger partial charge in [0.05, 0.1) is 17.4 Å². The lowest BCUT2D eigenvalue weighted by Crippen LogP contribution is -2.33. The summed E-state index contributed by atoms with van der Waals surface area (Å²) >= 11 is 0. The van der Waals surface area contributed by atoms with E-state index in [1.807, 2.05) is 17.2 Å². The Balaban J connectivity index is 2.13. The first kappa shape index (κ1) is 16.8. The minimum Gasteiger partial charge on any atom is -0.370 e. The predicted octanol–water partition coefficient (Wildman–Crippen LogP) is 3.72. The summed E-state index contributed by atoms with van der Waals surface area (Å²) in [6.07, 6.45) is 10.7. The Hall–Kier alpha value is -1.58.